The molecule has 2 aromatic rings. The molecule has 1 atom stereocenters. The van der Waals surface area contributed by atoms with Crippen LogP contribution in [0.25, 0.3) is 11.3 Å². The van der Waals surface area contributed by atoms with E-state index in [1.807, 2.05) is 0 Å². The standard InChI is InChI=1S/C26H33ClF5N3O6S/c1-5-35-20(16-7-6-14(12-17(16)41-23(28)29)21(36)24(2,3)26(30,31)32)18(27)19(34-35)22(37)33-13-25(38)10-8-15(9-11-25)42(4,39)40/h6-7,12,15,21,23,36,38H,5,8-11,13H2,1-4H3,(H,33,37)/t15-,21-,25+/m1/s1. The van der Waals surface area contributed by atoms with Gasteiger partial charge in [-0.15, -0.1) is 0 Å². The average Bonchev–Trinajstić information content (AvgIpc) is 3.21. The molecule has 0 aliphatic heterocycles. The van der Waals surface area contributed by atoms with Gasteiger partial charge in [-0.05, 0) is 64.2 Å². The molecule has 0 radical (unpaired) electrons. The Kier molecular flexibility index (Phi) is 9.92. The summed E-state index contributed by atoms with van der Waals surface area (Å²) in [5, 5.41) is 27.2. The summed E-state index contributed by atoms with van der Waals surface area (Å²) in [6.45, 7) is -0.366. The van der Waals surface area contributed by atoms with E-state index in [0.29, 0.717) is 0 Å². The number of aromatic nitrogens is 2. The van der Waals surface area contributed by atoms with Crippen LogP contribution in [0.15, 0.2) is 18.2 Å². The van der Waals surface area contributed by atoms with Gasteiger partial charge >= 0.3 is 12.8 Å². The fourth-order valence-electron chi connectivity index (χ4n) is 4.80. The normalized spacial score (nSPS) is 20.9. The van der Waals surface area contributed by atoms with Gasteiger partial charge in [0.15, 0.2) is 5.69 Å². The summed E-state index contributed by atoms with van der Waals surface area (Å²) >= 11 is 6.49. The van der Waals surface area contributed by atoms with Crippen LogP contribution in [0.3, 0.4) is 0 Å². The maximum atomic E-state index is 13.5. The molecule has 1 aliphatic rings. The van der Waals surface area contributed by atoms with Crippen LogP contribution < -0.4 is 10.1 Å². The fourth-order valence-corrected chi connectivity index (χ4v) is 6.22. The summed E-state index contributed by atoms with van der Waals surface area (Å²) in [7, 11) is -3.27. The zero-order valence-electron chi connectivity index (χ0n) is 23.3. The molecular weight excluding hydrogens is 613 g/mol. The van der Waals surface area contributed by atoms with Crippen LogP contribution in [0.4, 0.5) is 22.0 Å². The Hall–Kier alpha value is -2.49. The minimum atomic E-state index is -4.82. The molecule has 1 heterocycles. The number of aliphatic hydroxyl groups excluding tert-OH is 1. The number of sulfone groups is 1. The third-order valence-corrected chi connectivity index (χ3v) is 9.70. The van der Waals surface area contributed by atoms with Crippen molar-refractivity contribution in [1.29, 1.82) is 0 Å². The van der Waals surface area contributed by atoms with E-state index in [0.717, 1.165) is 38.3 Å². The molecule has 0 bridgehead atoms. The first-order valence-electron chi connectivity index (χ1n) is 13.0. The number of hydrogen-bond donors (Lipinski definition) is 3. The molecule has 236 valence electrons. The number of nitrogens with one attached hydrogen (secondary N) is 1. The van der Waals surface area contributed by atoms with Gasteiger partial charge in [-0.1, -0.05) is 17.7 Å². The van der Waals surface area contributed by atoms with Gasteiger partial charge in [0.25, 0.3) is 5.91 Å². The molecule has 1 saturated carbocycles. The van der Waals surface area contributed by atoms with E-state index in [4.69, 9.17) is 11.6 Å². The van der Waals surface area contributed by atoms with Crippen LogP contribution in [0, 0.1) is 5.41 Å². The van der Waals surface area contributed by atoms with Crippen molar-refractivity contribution in [2.24, 2.45) is 5.41 Å². The SMILES string of the molecule is CCn1nc(C(=O)NC[C@]2(O)CC[C@@H](S(C)(=O)=O)CC2)c(Cl)c1-c1ccc([C@@H](O)C(C)(C)C(F)(F)F)cc1OC(F)F. The fraction of sp³-hybridized carbons (Fsp3) is 0.615. The van der Waals surface area contributed by atoms with Crippen molar-refractivity contribution in [2.45, 2.75) is 82.7 Å². The minimum absolute atomic E-state index is 0.0385. The molecule has 3 N–H and O–H groups in total. The Morgan fingerprint density at radius 3 is 2.36 bits per heavy atom. The van der Waals surface area contributed by atoms with Crippen molar-refractivity contribution < 1.29 is 50.1 Å². The van der Waals surface area contributed by atoms with Gasteiger partial charge in [0.05, 0.1) is 33.1 Å². The number of aliphatic hydroxyl groups is 2. The summed E-state index contributed by atoms with van der Waals surface area (Å²) in [6, 6.07) is 3.10. The largest absolute Gasteiger partial charge is 0.434 e. The van der Waals surface area contributed by atoms with Gasteiger partial charge in [0, 0.05) is 24.9 Å². The quantitative estimate of drug-likeness (QED) is 0.314. The van der Waals surface area contributed by atoms with Crippen molar-refractivity contribution in [3.63, 3.8) is 0 Å². The summed E-state index contributed by atoms with van der Waals surface area (Å²) in [5.41, 5.74) is -4.80. The molecule has 42 heavy (non-hydrogen) atoms. The van der Waals surface area contributed by atoms with E-state index < -0.39 is 56.7 Å². The first-order valence-corrected chi connectivity index (χ1v) is 15.3. The molecular formula is C26H33ClF5N3O6S. The maximum absolute atomic E-state index is 13.5. The first kappa shape index (κ1) is 34.0. The smallest absolute Gasteiger partial charge is 0.396 e. The number of hydrogen-bond acceptors (Lipinski definition) is 7. The van der Waals surface area contributed by atoms with Crippen molar-refractivity contribution in [2.75, 3.05) is 12.8 Å². The lowest BCUT2D eigenvalue weighted by molar-refractivity contribution is -0.243. The molecule has 3 rings (SSSR count). The zero-order valence-corrected chi connectivity index (χ0v) is 24.9. The number of amides is 1. The molecule has 1 fully saturated rings. The number of carbonyl (C=O) groups is 1. The second kappa shape index (κ2) is 12.2. The third kappa shape index (κ3) is 7.17. The van der Waals surface area contributed by atoms with E-state index in [2.05, 4.69) is 15.2 Å². The van der Waals surface area contributed by atoms with Crippen molar-refractivity contribution in [3.8, 4) is 17.0 Å². The van der Waals surface area contributed by atoms with Gasteiger partial charge < -0.3 is 20.3 Å². The Labute approximate surface area is 244 Å². The van der Waals surface area contributed by atoms with Crippen LogP contribution in [-0.4, -0.2) is 70.8 Å². The first-order chi connectivity index (χ1) is 19.2. The van der Waals surface area contributed by atoms with Crippen molar-refractivity contribution in [1.82, 2.24) is 15.1 Å². The van der Waals surface area contributed by atoms with E-state index in [9.17, 15) is 45.4 Å². The lowest BCUT2D eigenvalue weighted by Crippen LogP contribution is -2.47. The lowest BCUT2D eigenvalue weighted by Gasteiger charge is -2.35. The van der Waals surface area contributed by atoms with E-state index in [-0.39, 0.29) is 66.3 Å². The summed E-state index contributed by atoms with van der Waals surface area (Å²) in [6.07, 6.45) is -5.11. The highest BCUT2D eigenvalue weighted by Gasteiger charge is 2.52. The van der Waals surface area contributed by atoms with Crippen LogP contribution in [0.5, 0.6) is 5.75 Å². The molecule has 1 aromatic heterocycles. The zero-order chi connectivity index (χ0) is 31.8. The van der Waals surface area contributed by atoms with Gasteiger partial charge in [-0.25, -0.2) is 8.42 Å². The van der Waals surface area contributed by atoms with Gasteiger partial charge in [0.1, 0.15) is 15.6 Å². The molecule has 0 saturated heterocycles. The van der Waals surface area contributed by atoms with E-state index >= 15 is 0 Å². The highest BCUT2D eigenvalue weighted by atomic mass is 35.5. The van der Waals surface area contributed by atoms with Crippen molar-refractivity contribution in [3.05, 3.63) is 34.5 Å². The van der Waals surface area contributed by atoms with Gasteiger partial charge in [-0.3, -0.25) is 9.48 Å². The molecule has 1 amide bonds. The summed E-state index contributed by atoms with van der Waals surface area (Å²) in [5.74, 6) is -1.40. The number of aryl methyl sites for hydroxylation is 1. The van der Waals surface area contributed by atoms with E-state index in [1.54, 1.807) is 6.92 Å². The third-order valence-electron chi connectivity index (χ3n) is 7.66. The van der Waals surface area contributed by atoms with Crippen LogP contribution >= 0.6 is 11.6 Å². The topological polar surface area (TPSA) is 131 Å². The monoisotopic (exact) mass is 645 g/mol. The van der Waals surface area contributed by atoms with E-state index in [1.165, 1.54) is 4.68 Å². The molecule has 1 aliphatic carbocycles. The molecule has 16 heteroatoms. The average molecular weight is 646 g/mol. The number of nitrogens with zero attached hydrogens (tertiary/aromatic N) is 2. The second-order valence-corrected chi connectivity index (χ2v) is 13.7. The molecule has 9 nitrogen and oxygen atoms in total. The van der Waals surface area contributed by atoms with Crippen LogP contribution in [0.2, 0.25) is 5.02 Å². The number of ether oxygens (including phenoxy) is 1. The Morgan fingerprint density at radius 2 is 1.86 bits per heavy atom. The Morgan fingerprint density at radius 1 is 1.26 bits per heavy atom. The molecule has 0 spiro atoms. The predicted molar refractivity (Wildman–Crippen MR) is 144 cm³/mol. The highest BCUT2D eigenvalue weighted by Crippen LogP contribution is 2.48. The minimum Gasteiger partial charge on any atom is -0.434 e. The van der Waals surface area contributed by atoms with Crippen molar-refractivity contribution >= 4 is 27.3 Å². The summed E-state index contributed by atoms with van der Waals surface area (Å²) in [4.78, 5) is 13.0. The number of alkyl halides is 5. The van der Waals surface area contributed by atoms with Gasteiger partial charge in [-0.2, -0.15) is 27.1 Å². The second-order valence-electron chi connectivity index (χ2n) is 11.0. The summed E-state index contributed by atoms with van der Waals surface area (Å²) < 4.78 is 96.6. The highest BCUT2D eigenvalue weighted by molar-refractivity contribution is 7.91. The number of rotatable bonds is 10. The van der Waals surface area contributed by atoms with Crippen LogP contribution in [-0.2, 0) is 16.4 Å². The maximum Gasteiger partial charge on any atom is 0.396 e. The number of carbonyl (C=O) groups excluding carboxylic acids is 1. The lowest BCUT2D eigenvalue weighted by atomic mass is 9.81. The number of benzene rings is 1. The van der Waals surface area contributed by atoms with Gasteiger partial charge in [0.2, 0.25) is 0 Å². The Bertz CT molecular complexity index is 1410. The number of halogens is 6. The van der Waals surface area contributed by atoms with Crippen LogP contribution in [0.1, 0.15) is 68.6 Å². The predicted octanol–water partition coefficient (Wildman–Crippen LogP) is 4.89. The Balaban J connectivity index is 1.92. The molecule has 1 aromatic carbocycles. The molecule has 0 unspecified atom stereocenters.